The minimum Gasteiger partial charge on any atom is -0.364 e. The minimum atomic E-state index is -1.36. The van der Waals surface area contributed by atoms with Gasteiger partial charge in [0.25, 0.3) is 0 Å². The van der Waals surface area contributed by atoms with Gasteiger partial charge >= 0.3 is 0 Å². The van der Waals surface area contributed by atoms with E-state index in [-0.39, 0.29) is 0 Å². The van der Waals surface area contributed by atoms with E-state index in [4.69, 9.17) is 10.2 Å². The Labute approximate surface area is 80.0 Å². The molecule has 0 spiro atoms. The van der Waals surface area contributed by atoms with Gasteiger partial charge in [-0.15, -0.1) is 0 Å². The van der Waals surface area contributed by atoms with E-state index < -0.39 is 6.29 Å². The van der Waals surface area contributed by atoms with Crippen molar-refractivity contribution in [2.24, 2.45) is 0 Å². The number of hydrogen-bond acceptors (Lipinski definition) is 2. The van der Waals surface area contributed by atoms with Crippen LogP contribution in [0.15, 0.2) is 24.3 Å². The summed E-state index contributed by atoms with van der Waals surface area (Å²) in [6.07, 6.45) is -0.398. The smallest absolute Gasteiger partial charge is 0.178 e. The summed E-state index contributed by atoms with van der Waals surface area (Å²) in [5, 5.41) is 18.5. The molecule has 66 valence electrons. The molecule has 0 radical (unpaired) electrons. The number of rotatable bonds is 3. The molecule has 0 amide bonds. The number of aliphatic hydroxyl groups excluding tert-OH is 1. The van der Waals surface area contributed by atoms with E-state index in [0.29, 0.717) is 5.56 Å². The standard InChI is InChI=1S/C9H11BrO2/c10-6-5-7-1-3-8(4-2-7)9(11)12/h1-4,9,11-12H,5-6H2. The maximum absolute atomic E-state index is 8.79. The molecule has 12 heavy (non-hydrogen) atoms. The Morgan fingerprint density at radius 2 is 1.75 bits per heavy atom. The molecule has 0 aromatic heterocycles. The van der Waals surface area contributed by atoms with Crippen molar-refractivity contribution in [1.29, 1.82) is 0 Å². The number of hydrogen-bond donors (Lipinski definition) is 2. The van der Waals surface area contributed by atoms with Gasteiger partial charge in [-0.1, -0.05) is 40.2 Å². The molecule has 2 nitrogen and oxygen atoms in total. The Morgan fingerprint density at radius 1 is 1.17 bits per heavy atom. The predicted octanol–water partition coefficient (Wildman–Crippen LogP) is 1.61. The van der Waals surface area contributed by atoms with Crippen molar-refractivity contribution >= 4 is 15.9 Å². The first-order valence-corrected chi connectivity index (χ1v) is 4.87. The van der Waals surface area contributed by atoms with E-state index in [0.717, 1.165) is 11.8 Å². The molecular formula is C9H11BrO2. The minimum absolute atomic E-state index is 0.535. The fourth-order valence-electron chi connectivity index (χ4n) is 0.966. The zero-order valence-electron chi connectivity index (χ0n) is 6.57. The summed E-state index contributed by atoms with van der Waals surface area (Å²) in [5.41, 5.74) is 1.73. The molecule has 0 aliphatic carbocycles. The molecular weight excluding hydrogens is 220 g/mol. The van der Waals surface area contributed by atoms with Gasteiger partial charge in [0.05, 0.1) is 0 Å². The van der Waals surface area contributed by atoms with Crippen LogP contribution in [0.2, 0.25) is 0 Å². The lowest BCUT2D eigenvalue weighted by Gasteiger charge is -2.04. The highest BCUT2D eigenvalue weighted by Gasteiger charge is 2.00. The quantitative estimate of drug-likeness (QED) is 0.612. The molecule has 0 heterocycles. The first kappa shape index (κ1) is 9.71. The normalized spacial score (nSPS) is 10.7. The van der Waals surface area contributed by atoms with Gasteiger partial charge < -0.3 is 10.2 Å². The first-order valence-electron chi connectivity index (χ1n) is 3.75. The molecule has 1 aromatic rings. The monoisotopic (exact) mass is 230 g/mol. The second-order valence-corrected chi connectivity index (χ2v) is 3.35. The second kappa shape index (κ2) is 4.60. The van der Waals surface area contributed by atoms with Gasteiger partial charge in [0.15, 0.2) is 6.29 Å². The molecule has 0 saturated heterocycles. The largest absolute Gasteiger partial charge is 0.364 e. The zero-order valence-corrected chi connectivity index (χ0v) is 8.16. The van der Waals surface area contributed by atoms with E-state index in [2.05, 4.69) is 15.9 Å². The molecule has 0 fully saturated rings. The van der Waals surface area contributed by atoms with Gasteiger partial charge in [-0.25, -0.2) is 0 Å². The van der Waals surface area contributed by atoms with Crippen LogP contribution in [0.5, 0.6) is 0 Å². The molecule has 0 bridgehead atoms. The molecule has 0 atom stereocenters. The summed E-state index contributed by atoms with van der Waals surface area (Å²) in [5.74, 6) is 0. The molecule has 2 N–H and O–H groups in total. The molecule has 3 heteroatoms. The molecule has 1 rings (SSSR count). The topological polar surface area (TPSA) is 40.5 Å². The summed E-state index contributed by atoms with van der Waals surface area (Å²) in [7, 11) is 0. The van der Waals surface area contributed by atoms with Gasteiger partial charge in [0, 0.05) is 10.9 Å². The van der Waals surface area contributed by atoms with Crippen molar-refractivity contribution in [3.05, 3.63) is 35.4 Å². The Morgan fingerprint density at radius 3 is 2.17 bits per heavy atom. The zero-order chi connectivity index (χ0) is 8.97. The highest BCUT2D eigenvalue weighted by Crippen LogP contribution is 2.11. The summed E-state index contributed by atoms with van der Waals surface area (Å²) < 4.78 is 0. The van der Waals surface area contributed by atoms with Crippen molar-refractivity contribution in [2.45, 2.75) is 12.7 Å². The Balaban J connectivity index is 2.71. The van der Waals surface area contributed by atoms with E-state index in [1.165, 1.54) is 5.56 Å². The van der Waals surface area contributed by atoms with Crippen molar-refractivity contribution in [2.75, 3.05) is 5.33 Å². The third kappa shape index (κ3) is 2.59. The van der Waals surface area contributed by atoms with Crippen molar-refractivity contribution < 1.29 is 10.2 Å². The SMILES string of the molecule is OC(O)c1ccc(CCBr)cc1. The summed E-state index contributed by atoms with van der Waals surface area (Å²) >= 11 is 3.33. The number of halogens is 1. The van der Waals surface area contributed by atoms with Gasteiger partial charge in [-0.05, 0) is 12.0 Å². The number of alkyl halides is 1. The molecule has 0 saturated carbocycles. The number of aryl methyl sites for hydroxylation is 1. The van der Waals surface area contributed by atoms with Crippen LogP contribution >= 0.6 is 15.9 Å². The van der Waals surface area contributed by atoms with Crippen LogP contribution < -0.4 is 0 Å². The predicted molar refractivity (Wildman–Crippen MR) is 51.1 cm³/mol. The highest BCUT2D eigenvalue weighted by atomic mass is 79.9. The van der Waals surface area contributed by atoms with Gasteiger partial charge in [0.2, 0.25) is 0 Å². The maximum atomic E-state index is 8.79. The van der Waals surface area contributed by atoms with E-state index >= 15 is 0 Å². The van der Waals surface area contributed by atoms with E-state index in [9.17, 15) is 0 Å². The lowest BCUT2D eigenvalue weighted by molar-refractivity contribution is -0.0424. The van der Waals surface area contributed by atoms with Crippen LogP contribution in [-0.4, -0.2) is 15.5 Å². The average molecular weight is 231 g/mol. The Bertz CT molecular complexity index is 231. The third-order valence-corrected chi connectivity index (χ3v) is 2.06. The third-order valence-electron chi connectivity index (χ3n) is 1.66. The molecule has 0 unspecified atom stereocenters. The number of aliphatic hydroxyl groups is 2. The Kier molecular flexibility index (Phi) is 3.72. The maximum Gasteiger partial charge on any atom is 0.178 e. The molecule has 1 aromatic carbocycles. The van der Waals surface area contributed by atoms with Crippen LogP contribution in [0, 0.1) is 0 Å². The van der Waals surface area contributed by atoms with Crippen molar-refractivity contribution in [3.63, 3.8) is 0 Å². The van der Waals surface area contributed by atoms with Crippen LogP contribution in [0.4, 0.5) is 0 Å². The molecule has 0 aliphatic rings. The first-order chi connectivity index (χ1) is 5.74. The summed E-state index contributed by atoms with van der Waals surface area (Å²) in [4.78, 5) is 0. The van der Waals surface area contributed by atoms with E-state index in [1.54, 1.807) is 12.1 Å². The van der Waals surface area contributed by atoms with Crippen molar-refractivity contribution in [3.8, 4) is 0 Å². The van der Waals surface area contributed by atoms with E-state index in [1.807, 2.05) is 12.1 Å². The van der Waals surface area contributed by atoms with Crippen molar-refractivity contribution in [1.82, 2.24) is 0 Å². The fraction of sp³-hybridized carbons (Fsp3) is 0.333. The Hall–Kier alpha value is -0.380. The second-order valence-electron chi connectivity index (χ2n) is 2.55. The van der Waals surface area contributed by atoms with Crippen LogP contribution in [-0.2, 0) is 6.42 Å². The lowest BCUT2D eigenvalue weighted by atomic mass is 10.1. The highest BCUT2D eigenvalue weighted by molar-refractivity contribution is 9.09. The average Bonchev–Trinajstić information content (AvgIpc) is 2.06. The van der Waals surface area contributed by atoms with Gasteiger partial charge in [0.1, 0.15) is 0 Å². The number of benzene rings is 1. The van der Waals surface area contributed by atoms with Crippen LogP contribution in [0.25, 0.3) is 0 Å². The van der Waals surface area contributed by atoms with Crippen LogP contribution in [0.1, 0.15) is 17.4 Å². The summed E-state index contributed by atoms with van der Waals surface area (Å²) in [6.45, 7) is 0. The lowest BCUT2D eigenvalue weighted by Crippen LogP contribution is -1.95. The van der Waals surface area contributed by atoms with Gasteiger partial charge in [-0.2, -0.15) is 0 Å². The molecule has 0 aliphatic heterocycles. The van der Waals surface area contributed by atoms with Gasteiger partial charge in [-0.3, -0.25) is 0 Å². The fourth-order valence-corrected chi connectivity index (χ4v) is 1.42. The van der Waals surface area contributed by atoms with Crippen LogP contribution in [0.3, 0.4) is 0 Å². The summed E-state index contributed by atoms with van der Waals surface area (Å²) in [6, 6.07) is 7.25.